The fourth-order valence-corrected chi connectivity index (χ4v) is 1.90. The van der Waals surface area contributed by atoms with Gasteiger partial charge in [0.15, 0.2) is 0 Å². The summed E-state index contributed by atoms with van der Waals surface area (Å²) in [5, 5.41) is 13.9. The summed E-state index contributed by atoms with van der Waals surface area (Å²) >= 11 is 0. The summed E-state index contributed by atoms with van der Waals surface area (Å²) in [4.78, 5) is 20.4. The Morgan fingerprint density at radius 1 is 0.955 bits per heavy atom. The van der Waals surface area contributed by atoms with Gasteiger partial charge in [-0.05, 0) is 30.5 Å². The van der Waals surface area contributed by atoms with E-state index in [4.69, 9.17) is 19.7 Å². The normalized spacial score (nSPS) is 9.32. The van der Waals surface area contributed by atoms with E-state index in [1.807, 2.05) is 49.4 Å². The molecular formula is C17H18O5. The van der Waals surface area contributed by atoms with Crippen molar-refractivity contribution in [3.8, 4) is 0 Å². The molecule has 0 amide bonds. The molecule has 0 bridgehead atoms. The number of carboxylic acid groups (broad SMARTS) is 2. The smallest absolute Gasteiger partial charge is 0.462 e. The van der Waals surface area contributed by atoms with Crippen LogP contribution in [0.4, 0.5) is 4.79 Å². The van der Waals surface area contributed by atoms with Gasteiger partial charge >= 0.3 is 12.1 Å². The molecule has 0 aromatic heterocycles. The van der Waals surface area contributed by atoms with Gasteiger partial charge in [0.1, 0.15) is 0 Å². The van der Waals surface area contributed by atoms with Crippen LogP contribution in [0.3, 0.4) is 0 Å². The number of carbonyl (C=O) groups is 2. The highest BCUT2D eigenvalue weighted by Crippen LogP contribution is 2.15. The Balaban J connectivity index is 0.000000541. The SMILES string of the molecule is CCOC(=O)c1ccccc1Cc1ccccc1.O=C(O)O. The number of esters is 1. The molecule has 0 aliphatic carbocycles. The quantitative estimate of drug-likeness (QED) is 0.842. The van der Waals surface area contributed by atoms with Gasteiger partial charge in [-0.25, -0.2) is 9.59 Å². The molecule has 5 heteroatoms. The topological polar surface area (TPSA) is 83.8 Å². The van der Waals surface area contributed by atoms with Crippen LogP contribution in [0.2, 0.25) is 0 Å². The average molecular weight is 302 g/mol. The van der Waals surface area contributed by atoms with Crippen LogP contribution in [0.15, 0.2) is 54.6 Å². The van der Waals surface area contributed by atoms with Crippen molar-refractivity contribution in [1.29, 1.82) is 0 Å². The van der Waals surface area contributed by atoms with E-state index in [1.54, 1.807) is 0 Å². The van der Waals surface area contributed by atoms with Gasteiger partial charge < -0.3 is 14.9 Å². The van der Waals surface area contributed by atoms with E-state index >= 15 is 0 Å². The lowest BCUT2D eigenvalue weighted by molar-refractivity contribution is 0.0525. The maximum atomic E-state index is 11.8. The van der Waals surface area contributed by atoms with Crippen LogP contribution < -0.4 is 0 Å². The standard InChI is InChI=1S/C16H16O2.CH2O3/c1-2-18-16(17)15-11-7-6-10-14(15)12-13-8-4-3-5-9-13;2-1(3)4/h3-11H,2,12H2,1H3;(H2,2,3,4). The van der Waals surface area contributed by atoms with Crippen molar-refractivity contribution < 1.29 is 24.5 Å². The van der Waals surface area contributed by atoms with Gasteiger partial charge in [0, 0.05) is 0 Å². The second-order valence-corrected chi connectivity index (χ2v) is 4.32. The highest BCUT2D eigenvalue weighted by atomic mass is 16.6. The molecule has 2 aromatic rings. The van der Waals surface area contributed by atoms with Crippen molar-refractivity contribution in [3.63, 3.8) is 0 Å². The van der Waals surface area contributed by atoms with Crippen LogP contribution in [-0.4, -0.2) is 28.9 Å². The highest BCUT2D eigenvalue weighted by Gasteiger charge is 2.11. The van der Waals surface area contributed by atoms with Gasteiger partial charge in [0.05, 0.1) is 12.2 Å². The van der Waals surface area contributed by atoms with E-state index in [0.717, 1.165) is 12.0 Å². The number of hydrogen-bond acceptors (Lipinski definition) is 3. The number of benzene rings is 2. The third-order valence-electron chi connectivity index (χ3n) is 2.75. The molecule has 2 aromatic carbocycles. The minimum absolute atomic E-state index is 0.246. The van der Waals surface area contributed by atoms with Gasteiger partial charge in [-0.2, -0.15) is 0 Å². The van der Waals surface area contributed by atoms with Crippen molar-refractivity contribution in [2.45, 2.75) is 13.3 Å². The summed E-state index contributed by atoms with van der Waals surface area (Å²) in [6, 6.07) is 17.7. The van der Waals surface area contributed by atoms with Gasteiger partial charge in [-0.1, -0.05) is 48.5 Å². The molecule has 0 fully saturated rings. The first-order valence-electron chi connectivity index (χ1n) is 6.75. The summed E-state index contributed by atoms with van der Waals surface area (Å²) in [6.45, 7) is 2.22. The molecule has 0 radical (unpaired) electrons. The van der Waals surface area contributed by atoms with Crippen LogP contribution in [0.25, 0.3) is 0 Å². The fourth-order valence-electron chi connectivity index (χ4n) is 1.90. The van der Waals surface area contributed by atoms with Crippen molar-refractivity contribution in [3.05, 3.63) is 71.3 Å². The molecule has 0 saturated heterocycles. The van der Waals surface area contributed by atoms with E-state index < -0.39 is 6.16 Å². The molecule has 0 saturated carbocycles. The van der Waals surface area contributed by atoms with Crippen LogP contribution >= 0.6 is 0 Å². The molecular weight excluding hydrogens is 284 g/mol. The van der Waals surface area contributed by atoms with Crippen molar-refractivity contribution in [2.24, 2.45) is 0 Å². The van der Waals surface area contributed by atoms with Crippen LogP contribution in [0.5, 0.6) is 0 Å². The zero-order valence-corrected chi connectivity index (χ0v) is 12.2. The molecule has 0 aliphatic heterocycles. The van der Waals surface area contributed by atoms with Gasteiger partial charge in [-0.15, -0.1) is 0 Å². The van der Waals surface area contributed by atoms with Crippen molar-refractivity contribution >= 4 is 12.1 Å². The fraction of sp³-hybridized carbons (Fsp3) is 0.176. The van der Waals surface area contributed by atoms with Crippen LogP contribution in [0.1, 0.15) is 28.4 Å². The average Bonchev–Trinajstić information content (AvgIpc) is 2.48. The number of ether oxygens (including phenoxy) is 1. The first-order chi connectivity index (χ1) is 10.5. The molecule has 2 N–H and O–H groups in total. The summed E-state index contributed by atoms with van der Waals surface area (Å²) in [5.41, 5.74) is 2.85. The molecule has 0 atom stereocenters. The molecule has 0 spiro atoms. The maximum absolute atomic E-state index is 11.8. The highest BCUT2D eigenvalue weighted by molar-refractivity contribution is 5.91. The van der Waals surface area contributed by atoms with Gasteiger partial charge in [-0.3, -0.25) is 0 Å². The lowest BCUT2D eigenvalue weighted by atomic mass is 10.00. The molecule has 0 aliphatic rings. The first kappa shape index (κ1) is 17.2. The minimum atomic E-state index is -1.83. The van der Waals surface area contributed by atoms with Crippen molar-refractivity contribution in [2.75, 3.05) is 6.61 Å². The number of hydrogen-bond donors (Lipinski definition) is 2. The Morgan fingerprint density at radius 2 is 1.50 bits per heavy atom. The van der Waals surface area contributed by atoms with Crippen LogP contribution in [-0.2, 0) is 11.2 Å². The Hall–Kier alpha value is -2.82. The Labute approximate surface area is 128 Å². The minimum Gasteiger partial charge on any atom is -0.462 e. The maximum Gasteiger partial charge on any atom is 0.503 e. The second kappa shape index (κ2) is 9.18. The Morgan fingerprint density at radius 3 is 2.09 bits per heavy atom. The Kier molecular flexibility index (Phi) is 7.19. The van der Waals surface area contributed by atoms with Gasteiger partial charge in [0.25, 0.3) is 0 Å². The van der Waals surface area contributed by atoms with Crippen molar-refractivity contribution in [1.82, 2.24) is 0 Å². The molecule has 5 nitrogen and oxygen atoms in total. The molecule has 0 heterocycles. The summed E-state index contributed by atoms with van der Waals surface area (Å²) < 4.78 is 5.07. The molecule has 0 unspecified atom stereocenters. The predicted molar refractivity (Wildman–Crippen MR) is 82.3 cm³/mol. The molecule has 116 valence electrons. The monoisotopic (exact) mass is 302 g/mol. The molecule has 2 rings (SSSR count). The van der Waals surface area contributed by atoms with Crippen LogP contribution in [0, 0.1) is 0 Å². The van der Waals surface area contributed by atoms with E-state index in [1.165, 1.54) is 5.56 Å². The van der Waals surface area contributed by atoms with E-state index in [9.17, 15) is 4.79 Å². The third kappa shape index (κ3) is 6.09. The Bertz CT molecular complexity index is 603. The predicted octanol–water partition coefficient (Wildman–Crippen LogP) is 3.68. The van der Waals surface area contributed by atoms with Gasteiger partial charge in [0.2, 0.25) is 0 Å². The summed E-state index contributed by atoms with van der Waals surface area (Å²) in [6.07, 6.45) is -1.09. The van der Waals surface area contributed by atoms with E-state index in [-0.39, 0.29) is 5.97 Å². The van der Waals surface area contributed by atoms with E-state index in [2.05, 4.69) is 12.1 Å². The largest absolute Gasteiger partial charge is 0.503 e. The zero-order valence-electron chi connectivity index (χ0n) is 12.2. The van der Waals surface area contributed by atoms with E-state index in [0.29, 0.717) is 12.2 Å². The lowest BCUT2D eigenvalue weighted by Crippen LogP contribution is -2.08. The molecule has 22 heavy (non-hydrogen) atoms. The third-order valence-corrected chi connectivity index (χ3v) is 2.75. The second-order valence-electron chi connectivity index (χ2n) is 4.32. The lowest BCUT2D eigenvalue weighted by Gasteiger charge is -2.08. The summed E-state index contributed by atoms with van der Waals surface area (Å²) in [7, 11) is 0. The number of rotatable bonds is 4. The first-order valence-corrected chi connectivity index (χ1v) is 6.75. The summed E-state index contributed by atoms with van der Waals surface area (Å²) in [5.74, 6) is -0.246. The zero-order chi connectivity index (χ0) is 16.4. The number of carbonyl (C=O) groups excluding carboxylic acids is 1.